The lowest BCUT2D eigenvalue weighted by atomic mass is 10.7. The fourth-order valence-corrected chi connectivity index (χ4v) is 0.387. The van der Waals surface area contributed by atoms with E-state index in [1.165, 1.54) is 7.11 Å². The molecular weight excluding hydrogens is 136 g/mol. The van der Waals surface area contributed by atoms with E-state index >= 15 is 0 Å². The lowest BCUT2D eigenvalue weighted by Crippen LogP contribution is -2.09. The van der Waals surface area contributed by atoms with Crippen molar-refractivity contribution >= 4 is 6.16 Å². The minimum Gasteiger partial charge on any atom is -0.438 e. The average molecular weight is 148 g/mol. The van der Waals surface area contributed by atoms with Crippen LogP contribution in [0.1, 0.15) is 6.92 Å². The minimum atomic E-state index is -0.667. The third kappa shape index (κ3) is 5.37. The molecule has 60 valence electrons. The lowest BCUT2D eigenvalue weighted by Gasteiger charge is -2.01. The zero-order chi connectivity index (χ0) is 7.82. The van der Waals surface area contributed by atoms with Gasteiger partial charge in [0.25, 0.3) is 0 Å². The predicted octanol–water partition coefficient (Wildman–Crippen LogP) is 0.806. The number of ether oxygens (including phenoxy) is 3. The van der Waals surface area contributed by atoms with Gasteiger partial charge in [-0.1, -0.05) is 0 Å². The van der Waals surface area contributed by atoms with E-state index in [0.29, 0.717) is 13.2 Å². The average Bonchev–Trinajstić information content (AvgIpc) is 1.98. The highest BCUT2D eigenvalue weighted by atomic mass is 16.7. The van der Waals surface area contributed by atoms with Crippen LogP contribution in [0.25, 0.3) is 0 Å². The number of rotatable bonds is 4. The van der Waals surface area contributed by atoms with Gasteiger partial charge in [0.2, 0.25) is 0 Å². The molecule has 0 spiro atoms. The maximum Gasteiger partial charge on any atom is 0.508 e. The normalized spacial score (nSPS) is 9.00. The van der Waals surface area contributed by atoms with E-state index in [2.05, 4.69) is 9.47 Å². The first-order valence-corrected chi connectivity index (χ1v) is 3.09. The summed E-state index contributed by atoms with van der Waals surface area (Å²) >= 11 is 0. The van der Waals surface area contributed by atoms with Crippen LogP contribution in [0.5, 0.6) is 0 Å². The quantitative estimate of drug-likeness (QED) is 0.437. The van der Waals surface area contributed by atoms with E-state index in [9.17, 15) is 4.79 Å². The van der Waals surface area contributed by atoms with Crippen LogP contribution in [-0.4, -0.2) is 33.1 Å². The molecule has 0 heterocycles. The molecule has 0 atom stereocenters. The van der Waals surface area contributed by atoms with E-state index in [1.807, 2.05) is 6.92 Å². The number of carbonyl (C=O) groups is 1. The first-order valence-electron chi connectivity index (χ1n) is 3.09. The summed E-state index contributed by atoms with van der Waals surface area (Å²) in [6, 6.07) is 0. The molecule has 0 aromatic carbocycles. The Hall–Kier alpha value is -0.770. The Bertz CT molecular complexity index is 91.7. The van der Waals surface area contributed by atoms with Gasteiger partial charge in [-0.05, 0) is 6.92 Å². The molecule has 0 amide bonds. The smallest absolute Gasteiger partial charge is 0.438 e. The fourth-order valence-electron chi connectivity index (χ4n) is 0.387. The number of hydrogen-bond donors (Lipinski definition) is 0. The molecule has 0 aliphatic carbocycles. The largest absolute Gasteiger partial charge is 0.508 e. The van der Waals surface area contributed by atoms with Crippen LogP contribution in [0.4, 0.5) is 4.79 Å². The number of hydrogen-bond acceptors (Lipinski definition) is 4. The summed E-state index contributed by atoms with van der Waals surface area (Å²) in [6.07, 6.45) is -0.667. The van der Waals surface area contributed by atoms with Gasteiger partial charge in [0.15, 0.2) is 0 Å². The minimum absolute atomic E-state index is 0.251. The molecule has 0 bridgehead atoms. The molecule has 0 N–H and O–H groups in total. The number of carbonyl (C=O) groups excluding carboxylic acids is 1. The molecule has 10 heavy (non-hydrogen) atoms. The highest BCUT2D eigenvalue weighted by molar-refractivity contribution is 5.59. The zero-order valence-electron chi connectivity index (χ0n) is 6.25. The third-order valence-electron chi connectivity index (χ3n) is 0.818. The third-order valence-corrected chi connectivity index (χ3v) is 0.818. The van der Waals surface area contributed by atoms with Crippen molar-refractivity contribution in [2.24, 2.45) is 0 Å². The summed E-state index contributed by atoms with van der Waals surface area (Å²) in [5.74, 6) is 0. The SMILES string of the molecule is CCOCCOC(=O)OC. The first-order chi connectivity index (χ1) is 4.81. The van der Waals surface area contributed by atoms with Gasteiger partial charge < -0.3 is 14.2 Å². The molecule has 4 nitrogen and oxygen atoms in total. The van der Waals surface area contributed by atoms with Crippen molar-refractivity contribution in [3.8, 4) is 0 Å². The summed E-state index contributed by atoms with van der Waals surface area (Å²) < 4.78 is 13.6. The van der Waals surface area contributed by atoms with Crippen LogP contribution < -0.4 is 0 Å². The Kier molecular flexibility index (Phi) is 5.86. The maximum atomic E-state index is 10.3. The van der Waals surface area contributed by atoms with Crippen LogP contribution >= 0.6 is 0 Å². The van der Waals surface area contributed by atoms with Gasteiger partial charge in [0.1, 0.15) is 6.61 Å². The molecule has 0 radical (unpaired) electrons. The van der Waals surface area contributed by atoms with E-state index < -0.39 is 6.16 Å². The van der Waals surface area contributed by atoms with Gasteiger partial charge in [-0.3, -0.25) is 0 Å². The first kappa shape index (κ1) is 9.23. The lowest BCUT2D eigenvalue weighted by molar-refractivity contribution is 0.0405. The van der Waals surface area contributed by atoms with Gasteiger partial charge in [-0.2, -0.15) is 0 Å². The Morgan fingerprint density at radius 3 is 2.60 bits per heavy atom. The monoisotopic (exact) mass is 148 g/mol. The Labute approximate surface area is 60.1 Å². The summed E-state index contributed by atoms with van der Waals surface area (Å²) in [4.78, 5) is 10.3. The van der Waals surface area contributed by atoms with Crippen molar-refractivity contribution in [1.82, 2.24) is 0 Å². The van der Waals surface area contributed by atoms with Crippen molar-refractivity contribution in [3.63, 3.8) is 0 Å². The highest BCUT2D eigenvalue weighted by Crippen LogP contribution is 1.82. The second-order valence-corrected chi connectivity index (χ2v) is 1.50. The van der Waals surface area contributed by atoms with Gasteiger partial charge in [-0.25, -0.2) is 4.79 Å². The van der Waals surface area contributed by atoms with Crippen LogP contribution in [0.2, 0.25) is 0 Å². The molecule has 0 aliphatic rings. The van der Waals surface area contributed by atoms with E-state index in [4.69, 9.17) is 4.74 Å². The van der Waals surface area contributed by atoms with Crippen LogP contribution in [0, 0.1) is 0 Å². The summed E-state index contributed by atoms with van der Waals surface area (Å²) in [5.41, 5.74) is 0. The molecule has 0 saturated heterocycles. The predicted molar refractivity (Wildman–Crippen MR) is 34.8 cm³/mol. The van der Waals surface area contributed by atoms with Crippen molar-refractivity contribution in [1.29, 1.82) is 0 Å². The molecule has 0 unspecified atom stereocenters. The Morgan fingerprint density at radius 2 is 2.10 bits per heavy atom. The standard InChI is InChI=1S/C6H12O4/c1-3-9-4-5-10-6(7)8-2/h3-5H2,1-2H3. The summed E-state index contributed by atoms with van der Waals surface area (Å²) in [6.45, 7) is 3.18. The molecule has 0 aromatic heterocycles. The van der Waals surface area contributed by atoms with E-state index in [-0.39, 0.29) is 6.61 Å². The topological polar surface area (TPSA) is 44.8 Å². The fraction of sp³-hybridized carbons (Fsp3) is 0.833. The Balaban J connectivity index is 2.96. The van der Waals surface area contributed by atoms with Gasteiger partial charge in [0, 0.05) is 6.61 Å². The second kappa shape index (κ2) is 6.35. The van der Waals surface area contributed by atoms with Crippen molar-refractivity contribution in [3.05, 3.63) is 0 Å². The second-order valence-electron chi connectivity index (χ2n) is 1.50. The van der Waals surface area contributed by atoms with Crippen LogP contribution in [0.15, 0.2) is 0 Å². The van der Waals surface area contributed by atoms with Crippen LogP contribution in [-0.2, 0) is 14.2 Å². The van der Waals surface area contributed by atoms with Gasteiger partial charge in [0.05, 0.1) is 13.7 Å². The van der Waals surface area contributed by atoms with Gasteiger partial charge >= 0.3 is 6.16 Å². The molecule has 4 heteroatoms. The van der Waals surface area contributed by atoms with Crippen molar-refractivity contribution in [2.75, 3.05) is 26.9 Å². The molecule has 0 aliphatic heterocycles. The summed E-state index contributed by atoms with van der Waals surface area (Å²) in [7, 11) is 1.27. The van der Waals surface area contributed by atoms with Gasteiger partial charge in [-0.15, -0.1) is 0 Å². The van der Waals surface area contributed by atoms with Crippen molar-refractivity contribution in [2.45, 2.75) is 6.92 Å². The zero-order valence-corrected chi connectivity index (χ0v) is 6.25. The maximum absolute atomic E-state index is 10.3. The van der Waals surface area contributed by atoms with Crippen molar-refractivity contribution < 1.29 is 19.0 Å². The van der Waals surface area contributed by atoms with E-state index in [1.54, 1.807) is 0 Å². The summed E-state index contributed by atoms with van der Waals surface area (Å²) in [5, 5.41) is 0. The molecule has 0 rings (SSSR count). The van der Waals surface area contributed by atoms with E-state index in [0.717, 1.165) is 0 Å². The van der Waals surface area contributed by atoms with Crippen LogP contribution in [0.3, 0.4) is 0 Å². The molecule has 0 aromatic rings. The molecular formula is C6H12O4. The highest BCUT2D eigenvalue weighted by Gasteiger charge is 1.97. The molecule has 0 fully saturated rings. The number of methoxy groups -OCH3 is 1. The molecule has 0 saturated carbocycles. The Morgan fingerprint density at radius 1 is 1.40 bits per heavy atom.